The molecule has 2 aromatic carbocycles. The molecule has 1 N–H and O–H groups in total. The van der Waals surface area contributed by atoms with Crippen molar-refractivity contribution in [3.8, 4) is 0 Å². The van der Waals surface area contributed by atoms with Crippen molar-refractivity contribution in [2.75, 3.05) is 24.7 Å². The van der Waals surface area contributed by atoms with E-state index in [1.54, 1.807) is 11.8 Å². The number of sulfonamides is 1. The maximum Gasteiger partial charge on any atom is 0.255 e. The van der Waals surface area contributed by atoms with E-state index in [1.807, 2.05) is 30.5 Å². The zero-order valence-electron chi connectivity index (χ0n) is 14.9. The fraction of sp³-hybridized carbons (Fsp3) is 0.316. The van der Waals surface area contributed by atoms with Crippen LogP contribution < -0.4 is 5.32 Å². The maximum absolute atomic E-state index is 12.9. The number of nitrogens with one attached hydrogen (secondary N) is 1. The van der Waals surface area contributed by atoms with Crippen LogP contribution in [0.1, 0.15) is 29.6 Å². The number of thioether (sulfide) groups is 1. The summed E-state index contributed by atoms with van der Waals surface area (Å²) in [4.78, 5) is 13.6. The molecule has 0 saturated carbocycles. The molecule has 1 fully saturated rings. The van der Waals surface area contributed by atoms with Crippen LogP contribution in [0.2, 0.25) is 5.02 Å². The lowest BCUT2D eigenvalue weighted by Gasteiger charge is -2.26. The average molecular weight is 425 g/mol. The van der Waals surface area contributed by atoms with Gasteiger partial charge in [0.1, 0.15) is 4.90 Å². The Hall–Kier alpha value is -1.54. The molecule has 0 spiro atoms. The van der Waals surface area contributed by atoms with Crippen LogP contribution >= 0.6 is 23.4 Å². The maximum atomic E-state index is 12.9. The minimum Gasteiger partial charge on any atom is -0.322 e. The number of hydrogen-bond acceptors (Lipinski definition) is 4. The molecule has 0 unspecified atom stereocenters. The third-order valence-corrected chi connectivity index (χ3v) is 7.60. The Labute approximate surface area is 169 Å². The number of nitrogens with zero attached hydrogens (tertiary/aromatic N) is 1. The molecule has 0 bridgehead atoms. The van der Waals surface area contributed by atoms with Gasteiger partial charge in [-0.3, -0.25) is 4.79 Å². The molecule has 144 valence electrons. The Morgan fingerprint density at radius 2 is 1.74 bits per heavy atom. The molecule has 27 heavy (non-hydrogen) atoms. The molecule has 0 radical (unpaired) electrons. The highest BCUT2D eigenvalue weighted by molar-refractivity contribution is 7.98. The first kappa shape index (κ1) is 20.2. The van der Waals surface area contributed by atoms with Gasteiger partial charge in [-0.2, -0.15) is 4.31 Å². The summed E-state index contributed by atoms with van der Waals surface area (Å²) < 4.78 is 27.3. The third-order valence-electron chi connectivity index (χ3n) is 4.47. The van der Waals surface area contributed by atoms with Crippen LogP contribution in [0, 0.1) is 0 Å². The highest BCUT2D eigenvalue weighted by atomic mass is 35.5. The zero-order chi connectivity index (χ0) is 19.4. The normalized spacial score (nSPS) is 15.5. The third kappa shape index (κ3) is 4.66. The van der Waals surface area contributed by atoms with Gasteiger partial charge in [0, 0.05) is 29.2 Å². The van der Waals surface area contributed by atoms with E-state index in [-0.39, 0.29) is 21.4 Å². The van der Waals surface area contributed by atoms with Gasteiger partial charge in [0.15, 0.2) is 0 Å². The Morgan fingerprint density at radius 1 is 1.07 bits per heavy atom. The summed E-state index contributed by atoms with van der Waals surface area (Å²) in [5.74, 6) is -0.376. The van der Waals surface area contributed by atoms with Crippen LogP contribution in [0.25, 0.3) is 0 Å². The van der Waals surface area contributed by atoms with Gasteiger partial charge in [0.25, 0.3) is 5.91 Å². The quantitative estimate of drug-likeness (QED) is 0.718. The lowest BCUT2D eigenvalue weighted by molar-refractivity contribution is 0.102. The molecule has 0 atom stereocenters. The molecule has 1 heterocycles. The number of amides is 1. The minimum atomic E-state index is -3.71. The average Bonchev–Trinajstić information content (AvgIpc) is 2.69. The lowest BCUT2D eigenvalue weighted by atomic mass is 10.2. The van der Waals surface area contributed by atoms with E-state index in [9.17, 15) is 13.2 Å². The standard InChI is InChI=1S/C19H21ClN2O3S2/c1-26-16-8-6-15(7-9-16)21-19(23)14-5-10-17(20)18(13-14)27(24,25)22-11-3-2-4-12-22/h5-10,13H,2-4,11-12H2,1H3,(H,21,23). The second kappa shape index (κ2) is 8.65. The Kier molecular flexibility index (Phi) is 6.47. The van der Waals surface area contributed by atoms with Crippen molar-refractivity contribution >= 4 is 45.0 Å². The van der Waals surface area contributed by atoms with Gasteiger partial charge in [0.2, 0.25) is 10.0 Å². The van der Waals surface area contributed by atoms with Crippen LogP contribution in [0.4, 0.5) is 5.69 Å². The molecule has 1 saturated heterocycles. The topological polar surface area (TPSA) is 66.5 Å². The number of piperidine rings is 1. The van der Waals surface area contributed by atoms with E-state index in [0.717, 1.165) is 24.2 Å². The fourth-order valence-corrected chi connectivity index (χ4v) is 5.39. The van der Waals surface area contributed by atoms with Gasteiger partial charge in [-0.25, -0.2) is 8.42 Å². The second-order valence-corrected chi connectivity index (χ2v) is 9.49. The van der Waals surface area contributed by atoms with Crippen molar-refractivity contribution in [2.24, 2.45) is 0 Å². The summed E-state index contributed by atoms with van der Waals surface area (Å²) in [6.45, 7) is 0.966. The first-order valence-corrected chi connectivity index (χ1v) is 11.7. The summed E-state index contributed by atoms with van der Waals surface area (Å²) in [6, 6.07) is 11.8. The minimum absolute atomic E-state index is 0.0172. The van der Waals surface area contributed by atoms with Crippen molar-refractivity contribution < 1.29 is 13.2 Å². The number of rotatable bonds is 5. The van der Waals surface area contributed by atoms with Crippen molar-refractivity contribution in [1.29, 1.82) is 0 Å². The van der Waals surface area contributed by atoms with E-state index in [2.05, 4.69) is 5.32 Å². The fourth-order valence-electron chi connectivity index (χ4n) is 2.96. The molecule has 5 nitrogen and oxygen atoms in total. The van der Waals surface area contributed by atoms with Crippen LogP contribution in [0.3, 0.4) is 0 Å². The zero-order valence-corrected chi connectivity index (χ0v) is 17.3. The van der Waals surface area contributed by atoms with Crippen LogP contribution in [-0.2, 0) is 10.0 Å². The van der Waals surface area contributed by atoms with Gasteiger partial charge in [0.05, 0.1) is 5.02 Å². The Morgan fingerprint density at radius 3 is 2.37 bits per heavy atom. The van der Waals surface area contributed by atoms with E-state index < -0.39 is 10.0 Å². The lowest BCUT2D eigenvalue weighted by Crippen LogP contribution is -2.35. The van der Waals surface area contributed by atoms with Gasteiger partial charge < -0.3 is 5.32 Å². The van der Waals surface area contributed by atoms with E-state index in [1.165, 1.54) is 22.5 Å². The smallest absolute Gasteiger partial charge is 0.255 e. The largest absolute Gasteiger partial charge is 0.322 e. The summed E-state index contributed by atoms with van der Waals surface area (Å²) >= 11 is 7.77. The van der Waals surface area contributed by atoms with Crippen molar-refractivity contribution in [3.63, 3.8) is 0 Å². The van der Waals surface area contributed by atoms with Gasteiger partial charge in [-0.1, -0.05) is 18.0 Å². The number of hydrogen-bond donors (Lipinski definition) is 1. The van der Waals surface area contributed by atoms with Gasteiger partial charge in [-0.15, -0.1) is 11.8 Å². The summed E-state index contributed by atoms with van der Waals surface area (Å²) in [5, 5.41) is 2.91. The van der Waals surface area contributed by atoms with Crippen molar-refractivity contribution in [2.45, 2.75) is 29.1 Å². The Balaban J connectivity index is 1.84. The first-order valence-electron chi connectivity index (χ1n) is 8.67. The van der Waals surface area contributed by atoms with Crippen LogP contribution in [-0.4, -0.2) is 38.0 Å². The van der Waals surface area contributed by atoms with E-state index >= 15 is 0 Å². The van der Waals surface area contributed by atoms with Crippen LogP contribution in [0.15, 0.2) is 52.3 Å². The van der Waals surface area contributed by atoms with Crippen molar-refractivity contribution in [3.05, 3.63) is 53.1 Å². The molecule has 8 heteroatoms. The first-order chi connectivity index (χ1) is 12.9. The molecule has 0 aliphatic carbocycles. The van der Waals surface area contributed by atoms with Gasteiger partial charge >= 0.3 is 0 Å². The monoisotopic (exact) mass is 424 g/mol. The number of carbonyl (C=O) groups excluding carboxylic acids is 1. The summed E-state index contributed by atoms with van der Waals surface area (Å²) in [5.41, 5.74) is 0.900. The molecule has 1 aliphatic rings. The number of anilines is 1. The molecule has 1 aliphatic heterocycles. The highest BCUT2D eigenvalue weighted by Gasteiger charge is 2.28. The molecular formula is C19H21ClN2O3S2. The Bertz CT molecular complexity index is 924. The molecule has 3 rings (SSSR count). The molecule has 1 amide bonds. The summed E-state index contributed by atoms with van der Waals surface area (Å²) in [6.07, 6.45) is 4.68. The van der Waals surface area contributed by atoms with Crippen molar-refractivity contribution in [1.82, 2.24) is 4.31 Å². The van der Waals surface area contributed by atoms with Crippen LogP contribution in [0.5, 0.6) is 0 Å². The van der Waals surface area contributed by atoms with E-state index in [0.29, 0.717) is 18.8 Å². The molecule has 0 aromatic heterocycles. The highest BCUT2D eigenvalue weighted by Crippen LogP contribution is 2.28. The SMILES string of the molecule is CSc1ccc(NC(=O)c2ccc(Cl)c(S(=O)(=O)N3CCCCC3)c2)cc1. The number of carbonyl (C=O) groups is 1. The van der Waals surface area contributed by atoms with Gasteiger partial charge in [-0.05, 0) is 61.6 Å². The molecular weight excluding hydrogens is 404 g/mol. The predicted octanol–water partition coefficient (Wildman–Crippen LogP) is 4.49. The number of benzene rings is 2. The molecule has 2 aromatic rings. The second-order valence-electron chi connectivity index (χ2n) is 6.29. The predicted molar refractivity (Wildman–Crippen MR) is 110 cm³/mol. The summed E-state index contributed by atoms with van der Waals surface area (Å²) in [7, 11) is -3.71. The van der Waals surface area contributed by atoms with E-state index in [4.69, 9.17) is 11.6 Å². The number of halogens is 1.